The molecule has 2 N–H and O–H groups in total. The Morgan fingerprint density at radius 1 is 1.62 bits per heavy atom. The molecule has 0 aromatic carbocycles. The second kappa shape index (κ2) is 2.88. The molecule has 0 spiro atoms. The van der Waals surface area contributed by atoms with Crippen molar-refractivity contribution in [2.75, 3.05) is 10.6 Å². The van der Waals surface area contributed by atoms with E-state index < -0.39 is 0 Å². The van der Waals surface area contributed by atoms with Crippen LogP contribution in [0.1, 0.15) is 6.92 Å². The zero-order valence-electron chi connectivity index (χ0n) is 6.97. The number of nitrogens with one attached hydrogen (secondary N) is 2. The summed E-state index contributed by atoms with van der Waals surface area (Å²) < 4.78 is 0. The molecule has 2 rings (SSSR count). The average Bonchev–Trinajstić information content (AvgIpc) is 2.08. The SMILES string of the molecule is CC1Nc2ncc(Cl)cc2NC1=O. The Bertz CT molecular complexity index is 366. The van der Waals surface area contributed by atoms with Gasteiger partial charge in [-0.25, -0.2) is 4.98 Å². The van der Waals surface area contributed by atoms with Gasteiger partial charge in [0.15, 0.2) is 5.82 Å². The third kappa shape index (κ3) is 1.45. The first kappa shape index (κ1) is 8.31. The number of carbonyl (C=O) groups is 1. The van der Waals surface area contributed by atoms with Gasteiger partial charge < -0.3 is 10.6 Å². The third-order valence-corrected chi connectivity index (χ3v) is 2.07. The summed E-state index contributed by atoms with van der Waals surface area (Å²) in [5.41, 5.74) is 0.635. The molecule has 2 heterocycles. The highest BCUT2D eigenvalue weighted by Crippen LogP contribution is 2.26. The first-order chi connectivity index (χ1) is 6.16. The van der Waals surface area contributed by atoms with Crippen molar-refractivity contribution >= 4 is 29.0 Å². The van der Waals surface area contributed by atoms with E-state index >= 15 is 0 Å². The summed E-state index contributed by atoms with van der Waals surface area (Å²) in [4.78, 5) is 15.3. The zero-order chi connectivity index (χ0) is 9.42. The van der Waals surface area contributed by atoms with Crippen LogP contribution in [0.25, 0.3) is 0 Å². The molecule has 13 heavy (non-hydrogen) atoms. The Morgan fingerprint density at radius 2 is 2.38 bits per heavy atom. The van der Waals surface area contributed by atoms with Crippen LogP contribution < -0.4 is 10.6 Å². The lowest BCUT2D eigenvalue weighted by Gasteiger charge is -2.22. The number of amides is 1. The quantitative estimate of drug-likeness (QED) is 0.663. The molecule has 68 valence electrons. The van der Waals surface area contributed by atoms with Crippen molar-refractivity contribution in [3.8, 4) is 0 Å². The lowest BCUT2D eigenvalue weighted by atomic mass is 10.2. The summed E-state index contributed by atoms with van der Waals surface area (Å²) in [6.07, 6.45) is 1.54. The number of hydrogen-bond acceptors (Lipinski definition) is 3. The minimum atomic E-state index is -0.249. The van der Waals surface area contributed by atoms with Crippen LogP contribution in [-0.2, 0) is 4.79 Å². The third-order valence-electron chi connectivity index (χ3n) is 1.86. The summed E-state index contributed by atoms with van der Waals surface area (Å²) in [6, 6.07) is 1.42. The highest BCUT2D eigenvalue weighted by Gasteiger charge is 2.21. The van der Waals surface area contributed by atoms with Gasteiger partial charge in [-0.05, 0) is 13.0 Å². The molecule has 1 aliphatic heterocycles. The van der Waals surface area contributed by atoms with E-state index in [1.54, 1.807) is 13.0 Å². The number of rotatable bonds is 0. The van der Waals surface area contributed by atoms with Gasteiger partial charge in [-0.2, -0.15) is 0 Å². The molecular formula is C8H8ClN3O. The highest BCUT2D eigenvalue weighted by atomic mass is 35.5. The normalized spacial score (nSPS) is 20.2. The van der Waals surface area contributed by atoms with Crippen LogP contribution in [0.3, 0.4) is 0 Å². The Kier molecular flexibility index (Phi) is 1.84. The van der Waals surface area contributed by atoms with E-state index in [0.29, 0.717) is 16.5 Å². The molecule has 0 aliphatic carbocycles. The fourth-order valence-electron chi connectivity index (χ4n) is 1.16. The van der Waals surface area contributed by atoms with E-state index in [1.807, 2.05) is 0 Å². The summed E-state index contributed by atoms with van der Waals surface area (Å²) in [5, 5.41) is 6.17. The number of halogens is 1. The standard InChI is InChI=1S/C8H8ClN3O/c1-4-8(13)12-6-2-5(9)3-10-7(6)11-4/h2-4H,1H3,(H,10,11)(H,12,13). The average molecular weight is 198 g/mol. The lowest BCUT2D eigenvalue weighted by Crippen LogP contribution is -2.36. The van der Waals surface area contributed by atoms with E-state index in [0.717, 1.165) is 0 Å². The molecule has 5 heteroatoms. The maximum absolute atomic E-state index is 11.2. The predicted octanol–water partition coefficient (Wildman–Crippen LogP) is 1.49. The van der Waals surface area contributed by atoms with Crippen molar-refractivity contribution < 1.29 is 4.79 Å². The van der Waals surface area contributed by atoms with E-state index in [9.17, 15) is 4.79 Å². The molecule has 0 fully saturated rings. The van der Waals surface area contributed by atoms with Crippen LogP contribution in [0.2, 0.25) is 5.02 Å². The largest absolute Gasteiger partial charge is 0.357 e. The van der Waals surface area contributed by atoms with E-state index in [2.05, 4.69) is 15.6 Å². The van der Waals surface area contributed by atoms with Gasteiger partial charge in [-0.3, -0.25) is 4.79 Å². The minimum absolute atomic E-state index is 0.0726. The van der Waals surface area contributed by atoms with Crippen LogP contribution in [0.4, 0.5) is 11.5 Å². The Hall–Kier alpha value is -1.29. The second-order valence-electron chi connectivity index (χ2n) is 2.90. The Labute approximate surface area is 80.3 Å². The minimum Gasteiger partial charge on any atom is -0.357 e. The van der Waals surface area contributed by atoms with Gasteiger partial charge in [0.2, 0.25) is 5.91 Å². The fourth-order valence-corrected chi connectivity index (χ4v) is 1.32. The first-order valence-electron chi connectivity index (χ1n) is 3.90. The maximum Gasteiger partial charge on any atom is 0.246 e. The van der Waals surface area contributed by atoms with Gasteiger partial charge in [0, 0.05) is 6.20 Å². The van der Waals surface area contributed by atoms with Gasteiger partial charge in [-0.15, -0.1) is 0 Å². The van der Waals surface area contributed by atoms with Crippen LogP contribution >= 0.6 is 11.6 Å². The smallest absolute Gasteiger partial charge is 0.246 e. The van der Waals surface area contributed by atoms with Crippen molar-refractivity contribution in [3.63, 3.8) is 0 Å². The second-order valence-corrected chi connectivity index (χ2v) is 3.34. The Balaban J connectivity index is 2.42. The molecule has 1 amide bonds. The molecule has 1 atom stereocenters. The van der Waals surface area contributed by atoms with Crippen molar-refractivity contribution in [2.24, 2.45) is 0 Å². The summed E-state index contributed by atoms with van der Waals surface area (Å²) >= 11 is 5.72. The van der Waals surface area contributed by atoms with Crippen LogP contribution in [0, 0.1) is 0 Å². The van der Waals surface area contributed by atoms with Gasteiger partial charge in [0.05, 0.1) is 10.7 Å². The Morgan fingerprint density at radius 3 is 3.15 bits per heavy atom. The lowest BCUT2D eigenvalue weighted by molar-refractivity contribution is -0.116. The molecule has 0 radical (unpaired) electrons. The maximum atomic E-state index is 11.2. The van der Waals surface area contributed by atoms with Crippen molar-refractivity contribution in [1.29, 1.82) is 0 Å². The summed E-state index contributed by atoms with van der Waals surface area (Å²) in [5.74, 6) is 0.591. The first-order valence-corrected chi connectivity index (χ1v) is 4.27. The molecule has 1 unspecified atom stereocenters. The molecule has 1 aromatic rings. The molecule has 1 aliphatic rings. The topological polar surface area (TPSA) is 54.0 Å². The van der Waals surface area contributed by atoms with Crippen LogP contribution in [-0.4, -0.2) is 16.9 Å². The van der Waals surface area contributed by atoms with Crippen molar-refractivity contribution in [2.45, 2.75) is 13.0 Å². The molecule has 4 nitrogen and oxygen atoms in total. The molecule has 0 saturated carbocycles. The van der Waals surface area contributed by atoms with Gasteiger partial charge >= 0.3 is 0 Å². The van der Waals surface area contributed by atoms with Crippen LogP contribution in [0.5, 0.6) is 0 Å². The molecule has 0 saturated heterocycles. The van der Waals surface area contributed by atoms with Crippen molar-refractivity contribution in [1.82, 2.24) is 4.98 Å². The number of carbonyl (C=O) groups excluding carboxylic acids is 1. The number of nitrogens with zero attached hydrogens (tertiary/aromatic N) is 1. The zero-order valence-corrected chi connectivity index (χ0v) is 7.72. The van der Waals surface area contributed by atoms with E-state index in [-0.39, 0.29) is 11.9 Å². The van der Waals surface area contributed by atoms with Gasteiger partial charge in [0.1, 0.15) is 6.04 Å². The van der Waals surface area contributed by atoms with E-state index in [4.69, 9.17) is 11.6 Å². The fraction of sp³-hybridized carbons (Fsp3) is 0.250. The predicted molar refractivity (Wildman–Crippen MR) is 51.0 cm³/mol. The van der Waals surface area contributed by atoms with Crippen molar-refractivity contribution in [3.05, 3.63) is 17.3 Å². The number of aromatic nitrogens is 1. The number of fused-ring (bicyclic) bond motifs is 1. The molecule has 0 bridgehead atoms. The monoisotopic (exact) mass is 197 g/mol. The van der Waals surface area contributed by atoms with Gasteiger partial charge in [-0.1, -0.05) is 11.6 Å². The highest BCUT2D eigenvalue weighted by molar-refractivity contribution is 6.31. The van der Waals surface area contributed by atoms with Gasteiger partial charge in [0.25, 0.3) is 0 Å². The molecule has 1 aromatic heterocycles. The number of anilines is 2. The summed E-state index contributed by atoms with van der Waals surface area (Å²) in [6.45, 7) is 1.77. The number of hydrogen-bond donors (Lipinski definition) is 2. The molecular weight excluding hydrogens is 190 g/mol. The van der Waals surface area contributed by atoms with E-state index in [1.165, 1.54) is 6.20 Å². The van der Waals surface area contributed by atoms with Crippen LogP contribution in [0.15, 0.2) is 12.3 Å². The number of pyridine rings is 1. The summed E-state index contributed by atoms with van der Waals surface area (Å²) in [7, 11) is 0.